The minimum absolute atomic E-state index is 0.0646. The molecule has 0 saturated heterocycles. The number of ether oxygens (including phenoxy) is 1. The lowest BCUT2D eigenvalue weighted by atomic mass is 9.52. The van der Waals surface area contributed by atoms with Gasteiger partial charge in [0.05, 0.1) is 5.92 Å². The van der Waals surface area contributed by atoms with E-state index in [4.69, 9.17) is 4.74 Å². The molecular weight excluding hydrogens is 368 g/mol. The van der Waals surface area contributed by atoms with Crippen LogP contribution < -0.4 is 9.84 Å². The molecule has 4 atom stereocenters. The van der Waals surface area contributed by atoms with Crippen LogP contribution in [0.25, 0.3) is 0 Å². The van der Waals surface area contributed by atoms with Crippen molar-refractivity contribution >= 4 is 11.9 Å². The number of rotatable bonds is 5. The lowest BCUT2D eigenvalue weighted by molar-refractivity contribution is -0.317. The first-order valence-electron chi connectivity index (χ1n) is 9.37. The molecule has 5 nitrogen and oxygen atoms in total. The quantitative estimate of drug-likeness (QED) is 0.537. The number of carbonyl (C=O) groups excluding carboxylic acids is 2. The average molecular weight is 387 g/mol. The molecule has 0 aromatic heterocycles. The smallest absolute Gasteiger partial charge is 0.315 e. The summed E-state index contributed by atoms with van der Waals surface area (Å²) in [5, 5.41) is 21.4. The van der Waals surface area contributed by atoms with Crippen molar-refractivity contribution in [2.75, 3.05) is 0 Å². The standard InChI is InChI=1S/C24H20O5/c25-17-11-13-18(14-12-17)29-24(28)22-19(15-7-3-1-4-8-15)21(23(26)27)20(22)16-9-5-2-6-10-16/h1-14,19-22,25H,(H,26,27)/p-1/t19-,20+,21?,22?. The second kappa shape index (κ2) is 7.80. The Hall–Kier alpha value is -3.60. The van der Waals surface area contributed by atoms with Gasteiger partial charge in [-0.2, -0.15) is 0 Å². The fraction of sp³-hybridized carbons (Fsp3) is 0.167. The molecule has 1 saturated carbocycles. The van der Waals surface area contributed by atoms with E-state index in [9.17, 15) is 19.8 Å². The summed E-state index contributed by atoms with van der Waals surface area (Å²) >= 11 is 0. The summed E-state index contributed by atoms with van der Waals surface area (Å²) < 4.78 is 5.54. The molecule has 0 bridgehead atoms. The molecule has 0 amide bonds. The van der Waals surface area contributed by atoms with Crippen molar-refractivity contribution in [3.05, 3.63) is 96.1 Å². The van der Waals surface area contributed by atoms with Crippen LogP contribution in [0.4, 0.5) is 0 Å². The molecule has 29 heavy (non-hydrogen) atoms. The Balaban J connectivity index is 1.71. The Morgan fingerprint density at radius 1 is 0.724 bits per heavy atom. The predicted molar refractivity (Wildman–Crippen MR) is 104 cm³/mol. The van der Waals surface area contributed by atoms with Crippen molar-refractivity contribution in [2.45, 2.75) is 11.8 Å². The number of aromatic hydroxyl groups is 1. The van der Waals surface area contributed by atoms with E-state index in [1.165, 1.54) is 24.3 Å². The zero-order chi connectivity index (χ0) is 20.4. The van der Waals surface area contributed by atoms with Gasteiger partial charge < -0.3 is 19.7 Å². The van der Waals surface area contributed by atoms with Crippen LogP contribution in [0.2, 0.25) is 0 Å². The maximum Gasteiger partial charge on any atom is 0.315 e. The molecule has 5 heteroatoms. The largest absolute Gasteiger partial charge is 0.550 e. The van der Waals surface area contributed by atoms with Gasteiger partial charge in [-0.25, -0.2) is 0 Å². The van der Waals surface area contributed by atoms with Crippen LogP contribution in [-0.2, 0) is 9.59 Å². The number of carboxylic acid groups (broad SMARTS) is 1. The highest BCUT2D eigenvalue weighted by Gasteiger charge is 2.56. The summed E-state index contributed by atoms with van der Waals surface area (Å²) in [7, 11) is 0. The normalized spacial score (nSPS) is 23.0. The zero-order valence-corrected chi connectivity index (χ0v) is 15.5. The number of esters is 1. The van der Waals surface area contributed by atoms with E-state index in [0.29, 0.717) is 5.75 Å². The Morgan fingerprint density at radius 3 is 1.66 bits per heavy atom. The Morgan fingerprint density at radius 2 is 1.21 bits per heavy atom. The molecule has 4 rings (SSSR count). The summed E-state index contributed by atoms with van der Waals surface area (Å²) in [5.74, 6) is -3.92. The van der Waals surface area contributed by atoms with Crippen LogP contribution in [0.3, 0.4) is 0 Å². The number of phenols is 1. The Kier molecular flexibility index (Phi) is 5.04. The molecule has 3 aromatic rings. The van der Waals surface area contributed by atoms with Gasteiger partial charge in [-0.05, 0) is 35.4 Å². The number of hydrogen-bond acceptors (Lipinski definition) is 5. The molecule has 2 unspecified atom stereocenters. The van der Waals surface area contributed by atoms with Gasteiger partial charge in [-0.1, -0.05) is 60.7 Å². The van der Waals surface area contributed by atoms with Crippen molar-refractivity contribution in [1.82, 2.24) is 0 Å². The second-order valence-electron chi connectivity index (χ2n) is 7.16. The molecule has 3 aromatic carbocycles. The van der Waals surface area contributed by atoms with E-state index in [0.717, 1.165) is 11.1 Å². The van der Waals surface area contributed by atoms with E-state index in [1.54, 1.807) is 0 Å². The Bertz CT molecular complexity index is 951. The topological polar surface area (TPSA) is 86.7 Å². The monoisotopic (exact) mass is 387 g/mol. The predicted octanol–water partition coefficient (Wildman–Crippen LogP) is 2.86. The number of benzene rings is 3. The van der Waals surface area contributed by atoms with Crippen LogP contribution in [0.15, 0.2) is 84.9 Å². The zero-order valence-electron chi connectivity index (χ0n) is 15.5. The lowest BCUT2D eigenvalue weighted by Crippen LogP contribution is -2.55. The van der Waals surface area contributed by atoms with Crippen LogP contribution in [-0.4, -0.2) is 17.0 Å². The van der Waals surface area contributed by atoms with Gasteiger partial charge in [-0.15, -0.1) is 0 Å². The summed E-state index contributed by atoms with van der Waals surface area (Å²) in [6.45, 7) is 0. The minimum Gasteiger partial charge on any atom is -0.550 e. The van der Waals surface area contributed by atoms with Gasteiger partial charge in [0, 0.05) is 23.7 Å². The number of carboxylic acids is 1. The number of phenolic OH excluding ortho intramolecular Hbond substituents is 1. The maximum atomic E-state index is 13.1. The SMILES string of the molecule is O=C([O-])C1[C@@H](c2ccccc2)C(C(=O)Oc2ccc(O)cc2)[C@H]1c1ccccc1. The summed E-state index contributed by atoms with van der Waals surface area (Å²) in [5.41, 5.74) is 1.53. The summed E-state index contributed by atoms with van der Waals surface area (Å²) in [6, 6.07) is 24.1. The van der Waals surface area contributed by atoms with Gasteiger partial charge in [0.15, 0.2) is 0 Å². The van der Waals surface area contributed by atoms with Gasteiger partial charge in [0.25, 0.3) is 0 Å². The van der Waals surface area contributed by atoms with Crippen LogP contribution in [0.5, 0.6) is 11.5 Å². The highest BCUT2D eigenvalue weighted by molar-refractivity contribution is 5.85. The van der Waals surface area contributed by atoms with Crippen LogP contribution in [0.1, 0.15) is 23.0 Å². The fourth-order valence-corrected chi connectivity index (χ4v) is 4.21. The van der Waals surface area contributed by atoms with Crippen LogP contribution in [0, 0.1) is 11.8 Å². The first-order chi connectivity index (χ1) is 14.1. The number of hydrogen-bond donors (Lipinski definition) is 1. The Labute approximate surface area is 168 Å². The summed E-state index contributed by atoms with van der Waals surface area (Å²) in [4.78, 5) is 25.1. The molecule has 0 aliphatic heterocycles. The molecule has 1 aliphatic rings. The van der Waals surface area contributed by atoms with Crippen molar-refractivity contribution in [1.29, 1.82) is 0 Å². The van der Waals surface area contributed by atoms with Gasteiger partial charge in [0.1, 0.15) is 11.5 Å². The highest BCUT2D eigenvalue weighted by Crippen LogP contribution is 2.57. The van der Waals surface area contributed by atoms with Gasteiger partial charge in [0.2, 0.25) is 0 Å². The van der Waals surface area contributed by atoms with E-state index in [2.05, 4.69) is 0 Å². The minimum atomic E-state index is -1.18. The average Bonchev–Trinajstić information content (AvgIpc) is 2.70. The molecule has 146 valence electrons. The number of carbonyl (C=O) groups is 2. The number of aliphatic carboxylic acids is 1. The molecule has 1 fully saturated rings. The maximum absolute atomic E-state index is 13.1. The van der Waals surface area contributed by atoms with E-state index in [-0.39, 0.29) is 5.75 Å². The van der Waals surface area contributed by atoms with Crippen molar-refractivity contribution < 1.29 is 24.5 Å². The molecular formula is C24H19O5-. The van der Waals surface area contributed by atoms with Crippen molar-refractivity contribution in [2.24, 2.45) is 11.8 Å². The fourth-order valence-electron chi connectivity index (χ4n) is 4.21. The molecule has 0 radical (unpaired) electrons. The molecule has 0 spiro atoms. The molecule has 0 heterocycles. The van der Waals surface area contributed by atoms with Crippen molar-refractivity contribution in [3.63, 3.8) is 0 Å². The third-order valence-corrected chi connectivity index (χ3v) is 5.52. The highest BCUT2D eigenvalue weighted by atomic mass is 16.5. The van der Waals surface area contributed by atoms with E-state index < -0.39 is 35.6 Å². The van der Waals surface area contributed by atoms with Crippen molar-refractivity contribution in [3.8, 4) is 11.5 Å². The first kappa shape index (κ1) is 18.7. The van der Waals surface area contributed by atoms with Crippen LogP contribution >= 0.6 is 0 Å². The van der Waals surface area contributed by atoms with Gasteiger partial charge >= 0.3 is 5.97 Å². The lowest BCUT2D eigenvalue weighted by Gasteiger charge is -2.51. The van der Waals surface area contributed by atoms with Gasteiger partial charge in [-0.3, -0.25) is 4.79 Å². The summed E-state index contributed by atoms with van der Waals surface area (Å²) in [6.07, 6.45) is 0. The molecule has 1 N–H and O–H groups in total. The first-order valence-corrected chi connectivity index (χ1v) is 9.37. The third kappa shape index (κ3) is 3.59. The second-order valence-corrected chi connectivity index (χ2v) is 7.16. The molecule has 1 aliphatic carbocycles. The van der Waals surface area contributed by atoms with E-state index >= 15 is 0 Å². The van der Waals surface area contributed by atoms with E-state index in [1.807, 2.05) is 60.7 Å². The third-order valence-electron chi connectivity index (χ3n) is 5.52.